The highest BCUT2D eigenvalue weighted by Gasteiger charge is 2.22. The van der Waals surface area contributed by atoms with Gasteiger partial charge in [-0.25, -0.2) is 14.4 Å². The second-order valence-corrected chi connectivity index (χ2v) is 9.60. The average Bonchev–Trinajstić information content (AvgIpc) is 2.93. The van der Waals surface area contributed by atoms with Gasteiger partial charge in [0, 0.05) is 0 Å². The first-order valence-corrected chi connectivity index (χ1v) is 13.6. The number of esters is 1. The molecule has 1 aromatic rings. The molecule has 0 radical (unpaired) electrons. The fourth-order valence-electron chi connectivity index (χ4n) is 2.81. The maximum absolute atomic E-state index is 12.5. The summed E-state index contributed by atoms with van der Waals surface area (Å²) < 4.78 is 35.7. The largest absolute Gasteiger partial charge is 0.513 e. The third kappa shape index (κ3) is 14.0. The van der Waals surface area contributed by atoms with Gasteiger partial charge < -0.3 is 38.9 Å². The van der Waals surface area contributed by atoms with E-state index < -0.39 is 36.6 Å². The van der Waals surface area contributed by atoms with Crippen LogP contribution in [-0.2, 0) is 34.9 Å². The topological polar surface area (TPSA) is 159 Å². The van der Waals surface area contributed by atoms with E-state index in [9.17, 15) is 19.2 Å². The third-order valence-corrected chi connectivity index (χ3v) is 5.70. The fourth-order valence-corrected chi connectivity index (χ4v) is 2.81. The van der Waals surface area contributed by atoms with Crippen LogP contribution in [-0.4, -0.2) is 63.0 Å². The summed E-state index contributed by atoms with van der Waals surface area (Å²) in [4.78, 5) is 48.4. The van der Waals surface area contributed by atoms with Crippen LogP contribution in [0.1, 0.15) is 66.4 Å². The minimum Gasteiger partial charge on any atom is -0.458 e. The van der Waals surface area contributed by atoms with Gasteiger partial charge in [0.1, 0.15) is 18.8 Å². The molecule has 0 spiro atoms. The Morgan fingerprint density at radius 2 is 1.30 bits per heavy atom. The molecule has 40 heavy (non-hydrogen) atoms. The number of ether oxygens (including phenoxy) is 7. The van der Waals surface area contributed by atoms with Crippen molar-refractivity contribution in [2.45, 2.75) is 79.4 Å². The van der Waals surface area contributed by atoms with Crippen LogP contribution in [0.3, 0.4) is 0 Å². The van der Waals surface area contributed by atoms with Crippen LogP contribution in [0, 0.1) is 11.8 Å². The molecule has 0 saturated carbocycles. The van der Waals surface area contributed by atoms with Gasteiger partial charge in [-0.3, -0.25) is 4.79 Å². The van der Waals surface area contributed by atoms with Crippen molar-refractivity contribution in [2.24, 2.45) is 17.6 Å². The van der Waals surface area contributed by atoms with Crippen LogP contribution in [0.4, 0.5) is 14.4 Å². The van der Waals surface area contributed by atoms with Gasteiger partial charge in [0.05, 0.1) is 19.8 Å². The van der Waals surface area contributed by atoms with Gasteiger partial charge in [-0.05, 0) is 49.3 Å². The molecule has 0 aliphatic rings. The van der Waals surface area contributed by atoms with Crippen molar-refractivity contribution in [3.05, 3.63) is 23.8 Å². The van der Waals surface area contributed by atoms with Crippen molar-refractivity contribution in [3.63, 3.8) is 0 Å². The molecule has 4 atom stereocenters. The van der Waals surface area contributed by atoms with E-state index >= 15 is 0 Å². The van der Waals surface area contributed by atoms with E-state index in [1.165, 1.54) is 12.1 Å². The molecule has 0 fully saturated rings. The fraction of sp³-hybridized carbons (Fsp3) is 0.643. The molecule has 0 aromatic heterocycles. The summed E-state index contributed by atoms with van der Waals surface area (Å²) in [5, 5.41) is 0. The van der Waals surface area contributed by atoms with E-state index in [1.807, 2.05) is 34.6 Å². The lowest BCUT2D eigenvalue weighted by molar-refractivity contribution is -0.152. The minimum absolute atomic E-state index is 0.00195. The molecule has 0 bridgehead atoms. The number of carbonyl (C=O) groups is 4. The summed E-state index contributed by atoms with van der Waals surface area (Å²) in [6.07, 6.45) is -1.28. The van der Waals surface area contributed by atoms with Crippen LogP contribution in [0.25, 0.3) is 0 Å². The van der Waals surface area contributed by atoms with Crippen LogP contribution >= 0.6 is 0 Å². The first-order valence-electron chi connectivity index (χ1n) is 13.6. The van der Waals surface area contributed by atoms with Crippen LogP contribution in [0.15, 0.2) is 18.2 Å². The van der Waals surface area contributed by atoms with E-state index in [1.54, 1.807) is 13.0 Å². The van der Waals surface area contributed by atoms with Gasteiger partial charge in [-0.2, -0.15) is 0 Å². The zero-order valence-electron chi connectivity index (χ0n) is 24.3. The molecule has 1 rings (SSSR count). The van der Waals surface area contributed by atoms with Gasteiger partial charge >= 0.3 is 24.4 Å². The first-order chi connectivity index (χ1) is 19.0. The van der Waals surface area contributed by atoms with E-state index in [0.717, 1.165) is 12.8 Å². The maximum Gasteiger partial charge on any atom is 0.513 e. The Labute approximate surface area is 235 Å². The van der Waals surface area contributed by atoms with Crippen LogP contribution in [0.2, 0.25) is 0 Å². The highest BCUT2D eigenvalue weighted by molar-refractivity contribution is 5.76. The van der Waals surface area contributed by atoms with Crippen molar-refractivity contribution < 1.29 is 52.3 Å². The molecule has 1 aromatic carbocycles. The van der Waals surface area contributed by atoms with E-state index in [0.29, 0.717) is 12.0 Å². The lowest BCUT2D eigenvalue weighted by atomic mass is 10.1. The highest BCUT2D eigenvalue weighted by atomic mass is 16.7. The molecule has 0 amide bonds. The zero-order chi connectivity index (χ0) is 30.1. The predicted molar refractivity (Wildman–Crippen MR) is 144 cm³/mol. The summed E-state index contributed by atoms with van der Waals surface area (Å²) in [7, 11) is 0. The van der Waals surface area contributed by atoms with Crippen molar-refractivity contribution >= 4 is 24.4 Å². The van der Waals surface area contributed by atoms with Gasteiger partial charge in [0.25, 0.3) is 0 Å². The Bertz CT molecular complexity index is 952. The summed E-state index contributed by atoms with van der Waals surface area (Å²) in [5.74, 6) is -0.645. The zero-order valence-corrected chi connectivity index (χ0v) is 24.3. The standard InChI is InChI=1S/C28H43NO11/c1-7-12-34-26(31)37-17-20(6)38-25(30)22(29)13-21-10-11-23(39-27(32)35-15-18(4)8-2)24(14-21)40-28(33)36-16-19(5)9-3/h10-11,14,18-20,22H,7-9,12-13,15-17,29H2,1-6H3/t18?,19?,20-,22-/m0/s1. The lowest BCUT2D eigenvalue weighted by Gasteiger charge is -2.18. The molecular formula is C28H43NO11. The van der Waals surface area contributed by atoms with Crippen molar-refractivity contribution in [3.8, 4) is 11.5 Å². The van der Waals surface area contributed by atoms with E-state index in [-0.39, 0.29) is 56.2 Å². The van der Waals surface area contributed by atoms with Crippen molar-refractivity contribution in [1.82, 2.24) is 0 Å². The number of hydrogen-bond donors (Lipinski definition) is 1. The normalized spacial score (nSPS) is 13.7. The Morgan fingerprint density at radius 1 is 0.750 bits per heavy atom. The minimum atomic E-state index is -1.09. The number of carbonyl (C=O) groups excluding carboxylic acids is 4. The van der Waals surface area contributed by atoms with Gasteiger partial charge in [0.15, 0.2) is 11.5 Å². The van der Waals surface area contributed by atoms with Crippen molar-refractivity contribution in [1.29, 1.82) is 0 Å². The van der Waals surface area contributed by atoms with Crippen molar-refractivity contribution in [2.75, 3.05) is 26.4 Å². The van der Waals surface area contributed by atoms with Crippen LogP contribution < -0.4 is 15.2 Å². The SMILES string of the molecule is CCCOC(=O)OC[C@H](C)OC(=O)[C@@H](N)Cc1ccc(OC(=O)OCC(C)CC)c(OC(=O)OCC(C)CC)c1. The molecule has 226 valence electrons. The molecule has 12 heteroatoms. The average molecular weight is 570 g/mol. The molecule has 0 saturated heterocycles. The number of rotatable bonds is 16. The first kappa shape index (κ1) is 34.5. The summed E-state index contributed by atoms with van der Waals surface area (Å²) in [5.41, 5.74) is 6.51. The van der Waals surface area contributed by atoms with Crippen LogP contribution in [0.5, 0.6) is 11.5 Å². The molecule has 2 N–H and O–H groups in total. The summed E-state index contributed by atoms with van der Waals surface area (Å²) in [6.45, 7) is 11.5. The number of hydrogen-bond acceptors (Lipinski definition) is 12. The molecule has 0 aliphatic heterocycles. The Morgan fingerprint density at radius 3 is 1.85 bits per heavy atom. The van der Waals surface area contributed by atoms with E-state index in [4.69, 9.17) is 38.9 Å². The quantitative estimate of drug-likeness (QED) is 0.158. The number of nitrogens with two attached hydrogens (primary N) is 1. The predicted octanol–water partition coefficient (Wildman–Crippen LogP) is 5.17. The second-order valence-electron chi connectivity index (χ2n) is 9.60. The van der Waals surface area contributed by atoms with Gasteiger partial charge in [-0.1, -0.05) is 53.5 Å². The molecule has 0 aliphatic carbocycles. The molecule has 0 heterocycles. The smallest absolute Gasteiger partial charge is 0.458 e. The monoisotopic (exact) mass is 569 g/mol. The second kappa shape index (κ2) is 18.7. The molecular weight excluding hydrogens is 526 g/mol. The Hall–Kier alpha value is -3.54. The Kier molecular flexibility index (Phi) is 16.1. The summed E-state index contributed by atoms with van der Waals surface area (Å²) >= 11 is 0. The maximum atomic E-state index is 12.5. The third-order valence-electron chi connectivity index (χ3n) is 5.70. The van der Waals surface area contributed by atoms with Gasteiger partial charge in [-0.15, -0.1) is 0 Å². The molecule has 12 nitrogen and oxygen atoms in total. The lowest BCUT2D eigenvalue weighted by Crippen LogP contribution is -2.37. The van der Waals surface area contributed by atoms with E-state index in [2.05, 4.69) is 0 Å². The number of benzene rings is 1. The molecule has 2 unspecified atom stereocenters. The Balaban J connectivity index is 2.88. The van der Waals surface area contributed by atoms with Gasteiger partial charge in [0.2, 0.25) is 0 Å². The summed E-state index contributed by atoms with van der Waals surface area (Å²) in [6, 6.07) is 3.27. The highest BCUT2D eigenvalue weighted by Crippen LogP contribution is 2.30.